The van der Waals surface area contributed by atoms with Gasteiger partial charge in [-0.1, -0.05) is 13.3 Å². The van der Waals surface area contributed by atoms with Crippen LogP contribution in [0.4, 0.5) is 13.2 Å². The van der Waals surface area contributed by atoms with Crippen LogP contribution in [0.2, 0.25) is 0 Å². The number of rotatable bonds is 8. The lowest BCUT2D eigenvalue weighted by atomic mass is 10.3. The summed E-state index contributed by atoms with van der Waals surface area (Å²) in [5, 5.41) is 0. The van der Waals surface area contributed by atoms with E-state index in [4.69, 9.17) is 4.89 Å². The van der Waals surface area contributed by atoms with Gasteiger partial charge in [0.1, 0.15) is 0 Å². The molecule has 0 aromatic carbocycles. The summed E-state index contributed by atoms with van der Waals surface area (Å²) in [6, 6.07) is 0. The van der Waals surface area contributed by atoms with Crippen LogP contribution in [0.3, 0.4) is 0 Å². The van der Waals surface area contributed by atoms with Gasteiger partial charge >= 0.3 is 14.0 Å². The smallest absolute Gasteiger partial charge is 0.302 e. The van der Waals surface area contributed by atoms with Crippen LogP contribution >= 0.6 is 7.82 Å². The minimum absolute atomic E-state index is 0.0591. The highest BCUT2D eigenvalue weighted by Crippen LogP contribution is 2.43. The predicted octanol–water partition coefficient (Wildman–Crippen LogP) is 3.26. The first-order chi connectivity index (χ1) is 7.27. The van der Waals surface area contributed by atoms with Gasteiger partial charge in [0.2, 0.25) is 0 Å². The summed E-state index contributed by atoms with van der Waals surface area (Å²) >= 11 is 0. The third-order valence-corrected chi connectivity index (χ3v) is 2.63. The average Bonchev–Trinajstić information content (AvgIpc) is 2.11. The second-order valence-electron chi connectivity index (χ2n) is 3.21. The number of phosphoric ester groups is 1. The van der Waals surface area contributed by atoms with Crippen molar-refractivity contribution in [1.82, 2.24) is 0 Å². The van der Waals surface area contributed by atoms with Crippen molar-refractivity contribution in [3.8, 4) is 0 Å². The molecule has 0 aliphatic carbocycles. The molecular weight excluding hydrogens is 248 g/mol. The summed E-state index contributed by atoms with van der Waals surface area (Å²) in [4.78, 5) is 9.00. The Morgan fingerprint density at radius 3 is 2.12 bits per heavy atom. The number of alkyl halides is 3. The fourth-order valence-corrected chi connectivity index (χ4v) is 1.61. The maximum atomic E-state index is 11.7. The molecule has 0 aromatic rings. The molecule has 0 saturated heterocycles. The zero-order valence-corrected chi connectivity index (χ0v) is 9.89. The molecule has 1 unspecified atom stereocenters. The molecule has 1 atom stereocenters. The summed E-state index contributed by atoms with van der Waals surface area (Å²) in [6.45, 7) is 1.48. The van der Waals surface area contributed by atoms with E-state index in [1.165, 1.54) is 0 Å². The molecule has 1 N–H and O–H groups in total. The zero-order chi connectivity index (χ0) is 12.7. The van der Waals surface area contributed by atoms with Gasteiger partial charge in [0.05, 0.1) is 13.2 Å². The Hall–Kier alpha value is -0.100. The molecule has 0 fully saturated rings. The van der Waals surface area contributed by atoms with Gasteiger partial charge in [-0.05, 0) is 12.8 Å². The summed E-state index contributed by atoms with van der Waals surface area (Å²) < 4.78 is 55.0. The lowest BCUT2D eigenvalue weighted by Crippen LogP contribution is -2.08. The van der Waals surface area contributed by atoms with Gasteiger partial charge in [-0.2, -0.15) is 13.2 Å². The van der Waals surface area contributed by atoms with E-state index in [1.807, 2.05) is 6.92 Å². The molecule has 0 heterocycles. The van der Waals surface area contributed by atoms with Gasteiger partial charge in [-0.25, -0.2) is 4.57 Å². The Balaban J connectivity index is 3.62. The molecule has 8 heteroatoms. The first kappa shape index (κ1) is 15.9. The summed E-state index contributed by atoms with van der Waals surface area (Å²) in [5.41, 5.74) is 0. The highest BCUT2D eigenvalue weighted by Gasteiger charge is 2.27. The molecule has 0 aliphatic rings. The lowest BCUT2D eigenvalue weighted by Gasteiger charge is -2.12. The number of phosphoric acid groups is 1. The molecule has 0 aliphatic heterocycles. The number of hydrogen-bond donors (Lipinski definition) is 1. The number of hydrogen-bond acceptors (Lipinski definition) is 3. The van der Waals surface area contributed by atoms with Crippen LogP contribution < -0.4 is 0 Å². The third kappa shape index (κ3) is 10.4. The molecule has 98 valence electrons. The van der Waals surface area contributed by atoms with E-state index in [0.29, 0.717) is 6.42 Å². The second-order valence-corrected chi connectivity index (χ2v) is 4.66. The Morgan fingerprint density at radius 2 is 1.69 bits per heavy atom. The van der Waals surface area contributed by atoms with Crippen molar-refractivity contribution in [2.24, 2.45) is 0 Å². The fraction of sp³-hybridized carbons (Fsp3) is 1.00. The highest BCUT2D eigenvalue weighted by atomic mass is 31.2. The van der Waals surface area contributed by atoms with Crippen LogP contribution in [0, 0.1) is 0 Å². The standard InChI is InChI=1S/C8H16F3O4P/c1-2-3-6-14-16(12,13)15-7-4-5-8(9,10)11/h2-7H2,1H3,(H,12,13). The van der Waals surface area contributed by atoms with Crippen molar-refractivity contribution in [3.05, 3.63) is 0 Å². The van der Waals surface area contributed by atoms with Gasteiger partial charge in [-0.15, -0.1) is 0 Å². The Bertz CT molecular complexity index is 232. The minimum Gasteiger partial charge on any atom is -0.302 e. The lowest BCUT2D eigenvalue weighted by molar-refractivity contribution is -0.136. The van der Waals surface area contributed by atoms with Crippen molar-refractivity contribution in [1.29, 1.82) is 0 Å². The summed E-state index contributed by atoms with van der Waals surface area (Å²) in [5.74, 6) is 0. The predicted molar refractivity (Wildman–Crippen MR) is 51.9 cm³/mol. The van der Waals surface area contributed by atoms with E-state index >= 15 is 0 Å². The molecule has 0 amide bonds. The van der Waals surface area contributed by atoms with Gasteiger partial charge in [0.25, 0.3) is 0 Å². The van der Waals surface area contributed by atoms with Crippen molar-refractivity contribution in [2.45, 2.75) is 38.8 Å². The third-order valence-electron chi connectivity index (χ3n) is 1.61. The van der Waals surface area contributed by atoms with Crippen LogP contribution in [0.15, 0.2) is 0 Å². The molecule has 4 nitrogen and oxygen atoms in total. The SMILES string of the molecule is CCCCOP(=O)(O)OCCCC(F)(F)F. The number of unbranched alkanes of at least 4 members (excludes halogenated alkanes) is 1. The fourth-order valence-electron chi connectivity index (χ4n) is 0.814. The largest absolute Gasteiger partial charge is 0.472 e. The van der Waals surface area contributed by atoms with Gasteiger partial charge < -0.3 is 4.89 Å². The van der Waals surface area contributed by atoms with E-state index in [1.54, 1.807) is 0 Å². The minimum atomic E-state index is -4.27. The monoisotopic (exact) mass is 264 g/mol. The maximum Gasteiger partial charge on any atom is 0.472 e. The van der Waals surface area contributed by atoms with Crippen LogP contribution in [0.5, 0.6) is 0 Å². The van der Waals surface area contributed by atoms with E-state index in [2.05, 4.69) is 9.05 Å². The van der Waals surface area contributed by atoms with Gasteiger partial charge in [0.15, 0.2) is 0 Å². The van der Waals surface area contributed by atoms with Crippen LogP contribution in [0.25, 0.3) is 0 Å². The molecular formula is C8H16F3O4P. The van der Waals surface area contributed by atoms with Crippen LogP contribution in [-0.2, 0) is 13.6 Å². The summed E-state index contributed by atoms with van der Waals surface area (Å²) in [6.07, 6.45) is -4.29. The second kappa shape index (κ2) is 7.27. The van der Waals surface area contributed by atoms with E-state index in [-0.39, 0.29) is 13.0 Å². The first-order valence-corrected chi connectivity index (χ1v) is 6.45. The van der Waals surface area contributed by atoms with Crippen molar-refractivity contribution < 1.29 is 31.7 Å². The quantitative estimate of drug-likeness (QED) is 0.540. The average molecular weight is 264 g/mol. The molecule has 0 saturated carbocycles. The summed E-state index contributed by atoms with van der Waals surface area (Å²) in [7, 11) is -4.17. The van der Waals surface area contributed by atoms with Gasteiger partial charge in [0, 0.05) is 6.42 Å². The number of halogens is 3. The van der Waals surface area contributed by atoms with Crippen LogP contribution in [-0.4, -0.2) is 24.3 Å². The molecule has 0 rings (SSSR count). The molecule has 16 heavy (non-hydrogen) atoms. The Labute approximate surface area is 92.4 Å². The topological polar surface area (TPSA) is 55.8 Å². The highest BCUT2D eigenvalue weighted by molar-refractivity contribution is 7.47. The van der Waals surface area contributed by atoms with E-state index < -0.39 is 27.0 Å². The molecule has 0 spiro atoms. The van der Waals surface area contributed by atoms with E-state index in [9.17, 15) is 17.7 Å². The van der Waals surface area contributed by atoms with Crippen molar-refractivity contribution in [3.63, 3.8) is 0 Å². The maximum absolute atomic E-state index is 11.7. The zero-order valence-electron chi connectivity index (χ0n) is 9.00. The Morgan fingerprint density at radius 1 is 1.19 bits per heavy atom. The van der Waals surface area contributed by atoms with Crippen molar-refractivity contribution in [2.75, 3.05) is 13.2 Å². The van der Waals surface area contributed by atoms with Gasteiger partial charge in [-0.3, -0.25) is 9.05 Å². The van der Waals surface area contributed by atoms with Crippen molar-refractivity contribution >= 4 is 7.82 Å². The van der Waals surface area contributed by atoms with E-state index in [0.717, 1.165) is 6.42 Å². The normalized spacial score (nSPS) is 16.1. The first-order valence-electron chi connectivity index (χ1n) is 4.95. The van der Waals surface area contributed by atoms with Crippen LogP contribution in [0.1, 0.15) is 32.6 Å². The Kier molecular flexibility index (Phi) is 7.22. The molecule has 0 bridgehead atoms. The molecule has 0 aromatic heterocycles. The molecule has 0 radical (unpaired) electrons.